The van der Waals surface area contributed by atoms with E-state index in [9.17, 15) is 0 Å². The van der Waals surface area contributed by atoms with Crippen molar-refractivity contribution in [1.29, 1.82) is 0 Å². The molecule has 1 aliphatic rings. The summed E-state index contributed by atoms with van der Waals surface area (Å²) in [6.45, 7) is 16.4. The van der Waals surface area contributed by atoms with E-state index in [2.05, 4.69) is 50.9 Å². The molecule has 0 aromatic carbocycles. The van der Waals surface area contributed by atoms with Crippen LogP contribution in [-0.2, 0) is 13.9 Å². The Bertz CT molecular complexity index is 385. The number of rotatable bonds is 15. The molecule has 0 aromatic heterocycles. The predicted octanol–water partition coefficient (Wildman–Crippen LogP) is 6.70. The fourth-order valence-corrected chi connectivity index (χ4v) is 10.1. The van der Waals surface area contributed by atoms with Gasteiger partial charge < -0.3 is 13.9 Å². The molecule has 0 N–H and O–H groups in total. The van der Waals surface area contributed by atoms with Gasteiger partial charge in [0.15, 0.2) is 14.6 Å². The van der Waals surface area contributed by atoms with E-state index >= 15 is 0 Å². The Balaban J connectivity index is 2.96. The maximum absolute atomic E-state index is 6.91. The molecule has 0 unspecified atom stereocenters. The van der Waals surface area contributed by atoms with Gasteiger partial charge in [-0.25, -0.2) is 0 Å². The third kappa shape index (κ3) is 8.43. The predicted molar refractivity (Wildman–Crippen MR) is 125 cm³/mol. The molecule has 0 bridgehead atoms. The quantitative estimate of drug-likeness (QED) is 0.162. The molecular weight excluding hydrogens is 392 g/mol. The Hall–Kier alpha value is 0.537. The first kappa shape index (κ1) is 25.6. The molecule has 0 spiro atoms. The molecule has 0 radical (unpaired) electrons. The first-order chi connectivity index (χ1) is 13.0. The Morgan fingerprint density at radius 2 is 1.52 bits per heavy atom. The van der Waals surface area contributed by atoms with Gasteiger partial charge in [0.1, 0.15) is 0 Å². The highest BCUT2D eigenvalue weighted by atomic mass is 32.2. The van der Waals surface area contributed by atoms with Crippen LogP contribution in [0.5, 0.6) is 0 Å². The topological polar surface area (TPSA) is 27.7 Å². The molecular formula is C21H42O3S2Si. The van der Waals surface area contributed by atoms with Gasteiger partial charge in [-0.1, -0.05) is 26.8 Å². The molecule has 0 aromatic rings. The summed E-state index contributed by atoms with van der Waals surface area (Å²) in [6, 6.07) is 3.59. The van der Waals surface area contributed by atoms with Gasteiger partial charge in [-0.3, -0.25) is 0 Å². The molecule has 3 nitrogen and oxygen atoms in total. The highest BCUT2D eigenvalue weighted by molar-refractivity contribution is 8.18. The molecule has 0 amide bonds. The van der Waals surface area contributed by atoms with Crippen LogP contribution in [0.3, 0.4) is 0 Å². The van der Waals surface area contributed by atoms with Gasteiger partial charge in [0.25, 0.3) is 0 Å². The van der Waals surface area contributed by atoms with Crippen molar-refractivity contribution in [3.63, 3.8) is 0 Å². The van der Waals surface area contributed by atoms with Gasteiger partial charge in [0, 0.05) is 19.6 Å². The van der Waals surface area contributed by atoms with Crippen LogP contribution in [0.2, 0.25) is 18.1 Å². The average molecular weight is 435 g/mol. The minimum Gasteiger partial charge on any atom is -0.414 e. The second-order valence-electron chi connectivity index (χ2n) is 7.22. The minimum atomic E-state index is -1.63. The van der Waals surface area contributed by atoms with E-state index in [1.807, 2.05) is 19.9 Å². The molecule has 1 saturated heterocycles. The van der Waals surface area contributed by atoms with Crippen LogP contribution in [0.4, 0.5) is 0 Å². The van der Waals surface area contributed by atoms with Gasteiger partial charge >= 0.3 is 0 Å². The van der Waals surface area contributed by atoms with E-state index in [4.69, 9.17) is 13.9 Å². The van der Waals surface area contributed by atoms with Crippen LogP contribution >= 0.6 is 23.5 Å². The van der Waals surface area contributed by atoms with Crippen LogP contribution in [-0.4, -0.2) is 49.5 Å². The summed E-state index contributed by atoms with van der Waals surface area (Å²) in [5.41, 5.74) is 0. The van der Waals surface area contributed by atoms with Gasteiger partial charge in [-0.2, -0.15) is 0 Å². The number of ether oxygens (including phenoxy) is 2. The lowest BCUT2D eigenvalue weighted by Crippen LogP contribution is -2.43. The molecule has 160 valence electrons. The maximum atomic E-state index is 6.91. The average Bonchev–Trinajstić information content (AvgIpc) is 2.67. The largest absolute Gasteiger partial charge is 0.414 e. The lowest BCUT2D eigenvalue weighted by atomic mass is 10.1. The lowest BCUT2D eigenvalue weighted by molar-refractivity contribution is -0.141. The van der Waals surface area contributed by atoms with Crippen LogP contribution in [0.15, 0.2) is 12.7 Å². The molecule has 1 fully saturated rings. The standard InChI is InChI=1S/C21H42O3S2Si/c1-7-14-19(24-27(10-4,11-5)12-6)17-21(25-15-13-16-26-21)18-20(22-8-2)23-9-3/h7,19-20H,1,8-18H2,2-6H3/t19-/m0/s1. The SMILES string of the molecule is C=CC[C@@H](CC1(CC(OCC)OCC)SCCCS1)O[Si](CC)(CC)CC. The van der Waals surface area contributed by atoms with Gasteiger partial charge in [0.2, 0.25) is 0 Å². The zero-order chi connectivity index (χ0) is 20.2. The highest BCUT2D eigenvalue weighted by Crippen LogP contribution is 2.50. The molecule has 1 aliphatic heterocycles. The third-order valence-electron chi connectivity index (χ3n) is 5.52. The van der Waals surface area contributed by atoms with Crippen molar-refractivity contribution in [2.75, 3.05) is 24.7 Å². The first-order valence-corrected chi connectivity index (χ1v) is 15.3. The molecule has 1 atom stereocenters. The van der Waals surface area contributed by atoms with Crippen molar-refractivity contribution in [1.82, 2.24) is 0 Å². The summed E-state index contributed by atoms with van der Waals surface area (Å²) in [6.07, 6.45) is 6.39. The maximum Gasteiger partial charge on any atom is 0.192 e. The molecule has 0 aliphatic carbocycles. The fraction of sp³-hybridized carbons (Fsp3) is 0.905. The van der Waals surface area contributed by atoms with Crippen LogP contribution < -0.4 is 0 Å². The molecule has 1 heterocycles. The van der Waals surface area contributed by atoms with Crippen molar-refractivity contribution in [3.8, 4) is 0 Å². The van der Waals surface area contributed by atoms with Crippen molar-refractivity contribution < 1.29 is 13.9 Å². The van der Waals surface area contributed by atoms with Gasteiger partial charge in [-0.05, 0) is 62.7 Å². The van der Waals surface area contributed by atoms with Gasteiger partial charge in [0.05, 0.1) is 10.2 Å². The summed E-state index contributed by atoms with van der Waals surface area (Å²) in [4.78, 5) is 0. The Morgan fingerprint density at radius 1 is 0.963 bits per heavy atom. The number of hydrogen-bond donors (Lipinski definition) is 0. The second-order valence-corrected chi connectivity index (χ2v) is 15.2. The molecule has 0 saturated carbocycles. The molecule has 1 rings (SSSR count). The van der Waals surface area contributed by atoms with Crippen molar-refractivity contribution in [2.45, 2.75) is 94.9 Å². The Labute approximate surface area is 177 Å². The van der Waals surface area contributed by atoms with E-state index in [1.165, 1.54) is 36.1 Å². The summed E-state index contributed by atoms with van der Waals surface area (Å²) >= 11 is 4.20. The third-order valence-corrected chi connectivity index (χ3v) is 13.6. The summed E-state index contributed by atoms with van der Waals surface area (Å²) in [7, 11) is -1.63. The minimum absolute atomic E-state index is 0.118. The zero-order valence-corrected chi connectivity index (χ0v) is 20.9. The normalized spacial score (nSPS) is 18.6. The van der Waals surface area contributed by atoms with Crippen LogP contribution in [0.25, 0.3) is 0 Å². The zero-order valence-electron chi connectivity index (χ0n) is 18.3. The van der Waals surface area contributed by atoms with Crippen LogP contribution in [0.1, 0.15) is 60.3 Å². The van der Waals surface area contributed by atoms with E-state index < -0.39 is 8.32 Å². The summed E-state index contributed by atoms with van der Waals surface area (Å²) in [5.74, 6) is 2.44. The van der Waals surface area contributed by atoms with Crippen molar-refractivity contribution in [2.24, 2.45) is 0 Å². The fourth-order valence-electron chi connectivity index (χ4n) is 3.79. The smallest absolute Gasteiger partial charge is 0.192 e. The molecule has 27 heavy (non-hydrogen) atoms. The highest BCUT2D eigenvalue weighted by Gasteiger charge is 2.41. The summed E-state index contributed by atoms with van der Waals surface area (Å²) in [5, 5.41) is 0. The van der Waals surface area contributed by atoms with E-state index in [0.29, 0.717) is 13.2 Å². The molecule has 6 heteroatoms. The number of hydrogen-bond acceptors (Lipinski definition) is 5. The van der Waals surface area contributed by atoms with E-state index in [0.717, 1.165) is 19.3 Å². The monoisotopic (exact) mass is 434 g/mol. The number of thioether (sulfide) groups is 2. The lowest BCUT2D eigenvalue weighted by Gasteiger charge is -2.42. The van der Waals surface area contributed by atoms with Gasteiger partial charge in [-0.15, -0.1) is 30.1 Å². The Kier molecular flexibility index (Phi) is 13.0. The van der Waals surface area contributed by atoms with E-state index in [-0.39, 0.29) is 16.5 Å². The first-order valence-electron chi connectivity index (χ1n) is 10.8. The Morgan fingerprint density at radius 3 is 1.96 bits per heavy atom. The van der Waals surface area contributed by atoms with Crippen molar-refractivity contribution >= 4 is 31.8 Å². The summed E-state index contributed by atoms with van der Waals surface area (Å²) < 4.78 is 18.9. The van der Waals surface area contributed by atoms with Crippen molar-refractivity contribution in [3.05, 3.63) is 12.7 Å². The van der Waals surface area contributed by atoms with E-state index in [1.54, 1.807) is 0 Å². The second kappa shape index (κ2) is 13.7. The van der Waals surface area contributed by atoms with Crippen LogP contribution in [0, 0.1) is 0 Å².